The predicted octanol–water partition coefficient (Wildman–Crippen LogP) is 4.63. The van der Waals surface area contributed by atoms with Crippen LogP contribution in [0.15, 0.2) is 60.8 Å². The van der Waals surface area contributed by atoms with E-state index in [9.17, 15) is 13.6 Å². The average molecular weight is 437 g/mol. The van der Waals surface area contributed by atoms with Gasteiger partial charge in [-0.3, -0.25) is 9.69 Å². The maximum atomic E-state index is 14.0. The molecule has 0 aliphatic carbocycles. The van der Waals surface area contributed by atoms with Gasteiger partial charge in [0, 0.05) is 43.9 Å². The highest BCUT2D eigenvalue weighted by molar-refractivity contribution is 6.04. The number of nitrogens with one attached hydrogen (secondary N) is 1. The molecule has 1 aromatic heterocycles. The summed E-state index contributed by atoms with van der Waals surface area (Å²) in [6.07, 6.45) is 2.52. The molecule has 1 aliphatic heterocycles. The van der Waals surface area contributed by atoms with Crippen molar-refractivity contribution in [2.45, 2.75) is 19.9 Å². The van der Waals surface area contributed by atoms with Crippen molar-refractivity contribution in [2.75, 3.05) is 36.4 Å². The largest absolute Gasteiger partial charge is 0.355 e. The lowest BCUT2D eigenvalue weighted by atomic mass is 10.1. The molecule has 2 heterocycles. The van der Waals surface area contributed by atoms with Crippen molar-refractivity contribution in [1.29, 1.82) is 0 Å². The Morgan fingerprint density at radius 1 is 1.00 bits per heavy atom. The molecule has 7 heteroatoms. The molecular weight excluding hydrogens is 410 g/mol. The zero-order valence-corrected chi connectivity index (χ0v) is 18.0. The Bertz CT molecular complexity index is 1070. The average Bonchev–Trinajstić information content (AvgIpc) is 3.02. The molecule has 0 saturated carbocycles. The number of aryl methyl sites for hydroxylation is 1. The zero-order chi connectivity index (χ0) is 22.5. The maximum absolute atomic E-state index is 14.0. The first-order chi connectivity index (χ1) is 15.5. The third kappa shape index (κ3) is 5.29. The van der Waals surface area contributed by atoms with E-state index < -0.39 is 11.6 Å². The molecule has 166 valence electrons. The van der Waals surface area contributed by atoms with Gasteiger partial charge in [0.2, 0.25) is 0 Å². The van der Waals surface area contributed by atoms with Crippen LogP contribution in [0.2, 0.25) is 0 Å². The quantitative estimate of drug-likeness (QED) is 0.634. The van der Waals surface area contributed by atoms with Crippen molar-refractivity contribution in [2.24, 2.45) is 0 Å². The summed E-state index contributed by atoms with van der Waals surface area (Å²) in [6.45, 7) is 5.15. The molecule has 3 aromatic rings. The van der Waals surface area contributed by atoms with Gasteiger partial charge in [-0.15, -0.1) is 0 Å². The van der Waals surface area contributed by atoms with Gasteiger partial charge in [-0.1, -0.05) is 23.8 Å². The summed E-state index contributed by atoms with van der Waals surface area (Å²) in [5.74, 6) is -0.362. The van der Waals surface area contributed by atoms with E-state index in [0.29, 0.717) is 24.3 Å². The second kappa shape index (κ2) is 9.87. The number of pyridine rings is 1. The molecule has 1 saturated heterocycles. The number of hydrogen-bond donors (Lipinski definition) is 1. The highest BCUT2D eigenvalue weighted by Gasteiger charge is 2.19. The van der Waals surface area contributed by atoms with Crippen molar-refractivity contribution >= 4 is 17.4 Å². The Morgan fingerprint density at radius 2 is 1.78 bits per heavy atom. The first kappa shape index (κ1) is 21.9. The Labute approximate surface area is 186 Å². The fourth-order valence-electron chi connectivity index (χ4n) is 3.90. The third-order valence-electron chi connectivity index (χ3n) is 5.64. The van der Waals surface area contributed by atoms with Crippen LogP contribution >= 0.6 is 0 Å². The Hall–Kier alpha value is -3.32. The first-order valence-corrected chi connectivity index (χ1v) is 10.7. The number of rotatable bonds is 5. The van der Waals surface area contributed by atoms with Gasteiger partial charge in [-0.2, -0.15) is 0 Å². The van der Waals surface area contributed by atoms with E-state index in [1.807, 2.05) is 37.3 Å². The summed E-state index contributed by atoms with van der Waals surface area (Å²) >= 11 is 0. The lowest BCUT2D eigenvalue weighted by molar-refractivity contribution is 0.102. The van der Waals surface area contributed by atoms with Crippen LogP contribution in [-0.4, -0.2) is 42.0 Å². The smallest absolute Gasteiger partial charge is 0.255 e. The molecule has 0 radical (unpaired) electrons. The number of carbonyl (C=O) groups excluding carboxylic acids is 1. The summed E-state index contributed by atoms with van der Waals surface area (Å²) in [7, 11) is 0. The molecule has 2 aromatic carbocycles. The molecule has 1 amide bonds. The van der Waals surface area contributed by atoms with Crippen LogP contribution in [0.4, 0.5) is 20.3 Å². The fraction of sp³-hybridized carbons (Fsp3) is 0.280. The summed E-state index contributed by atoms with van der Waals surface area (Å²) in [5.41, 5.74) is 2.38. The molecule has 0 unspecified atom stereocenters. The van der Waals surface area contributed by atoms with Crippen molar-refractivity contribution in [3.63, 3.8) is 0 Å². The van der Waals surface area contributed by atoms with Gasteiger partial charge < -0.3 is 10.2 Å². The third-order valence-corrected chi connectivity index (χ3v) is 5.64. The topological polar surface area (TPSA) is 48.5 Å². The van der Waals surface area contributed by atoms with E-state index in [0.717, 1.165) is 30.9 Å². The highest BCUT2D eigenvalue weighted by atomic mass is 19.1. The zero-order valence-electron chi connectivity index (χ0n) is 18.0. The predicted molar refractivity (Wildman–Crippen MR) is 122 cm³/mol. The summed E-state index contributed by atoms with van der Waals surface area (Å²) in [5, 5.41) is 2.87. The van der Waals surface area contributed by atoms with Crippen molar-refractivity contribution in [1.82, 2.24) is 9.88 Å². The Morgan fingerprint density at radius 3 is 2.50 bits per heavy atom. The minimum absolute atomic E-state index is 0.118. The molecular formula is C25H26F2N4O. The fourth-order valence-corrected chi connectivity index (χ4v) is 3.90. The molecule has 0 bridgehead atoms. The number of nitrogens with zero attached hydrogens (tertiary/aromatic N) is 3. The molecule has 4 rings (SSSR count). The Kier molecular flexibility index (Phi) is 6.75. The number of benzene rings is 2. The lowest BCUT2D eigenvalue weighted by Gasteiger charge is -2.23. The maximum Gasteiger partial charge on any atom is 0.255 e. The standard InChI is InChI=1S/C25H26F2N4O/c1-18-5-2-6-19(15-18)25(32)29-20-9-10-24(28-16-20)31-12-4-11-30(13-14-31)17-21-22(26)7-3-8-23(21)27/h2-3,5-10,15-16H,4,11-14,17H2,1H3,(H,29,32). The van der Waals surface area contributed by atoms with Crippen LogP contribution in [0.1, 0.15) is 27.9 Å². The van der Waals surface area contributed by atoms with Crippen molar-refractivity contribution < 1.29 is 13.6 Å². The second-order valence-corrected chi connectivity index (χ2v) is 8.05. The van der Waals surface area contributed by atoms with E-state index in [-0.39, 0.29) is 18.0 Å². The van der Waals surface area contributed by atoms with Crippen LogP contribution < -0.4 is 10.2 Å². The minimum atomic E-state index is -0.504. The van der Waals surface area contributed by atoms with Crippen LogP contribution in [0.3, 0.4) is 0 Å². The van der Waals surface area contributed by atoms with Gasteiger partial charge >= 0.3 is 0 Å². The Balaban J connectivity index is 1.36. The molecule has 32 heavy (non-hydrogen) atoms. The number of anilines is 2. The number of aromatic nitrogens is 1. The molecule has 1 N–H and O–H groups in total. The monoisotopic (exact) mass is 436 g/mol. The van der Waals surface area contributed by atoms with Crippen LogP contribution in [0.25, 0.3) is 0 Å². The molecule has 0 spiro atoms. The highest BCUT2D eigenvalue weighted by Crippen LogP contribution is 2.20. The lowest BCUT2D eigenvalue weighted by Crippen LogP contribution is -2.31. The van der Waals surface area contributed by atoms with Gasteiger partial charge in [0.25, 0.3) is 5.91 Å². The molecule has 5 nitrogen and oxygen atoms in total. The summed E-state index contributed by atoms with van der Waals surface area (Å²) < 4.78 is 28.0. The van der Waals surface area contributed by atoms with E-state index >= 15 is 0 Å². The van der Waals surface area contributed by atoms with Gasteiger partial charge in [0.05, 0.1) is 11.9 Å². The van der Waals surface area contributed by atoms with E-state index in [2.05, 4.69) is 20.1 Å². The molecule has 1 fully saturated rings. The van der Waals surface area contributed by atoms with Crippen LogP contribution in [-0.2, 0) is 6.54 Å². The number of halogens is 2. The van der Waals surface area contributed by atoms with Gasteiger partial charge in [-0.05, 0) is 49.7 Å². The van der Waals surface area contributed by atoms with Crippen LogP contribution in [0, 0.1) is 18.6 Å². The second-order valence-electron chi connectivity index (χ2n) is 8.05. The van der Waals surface area contributed by atoms with E-state index in [1.165, 1.54) is 18.2 Å². The number of hydrogen-bond acceptors (Lipinski definition) is 4. The SMILES string of the molecule is Cc1cccc(C(=O)Nc2ccc(N3CCCN(Cc4c(F)cccc4F)CC3)nc2)c1. The van der Waals surface area contributed by atoms with E-state index in [1.54, 1.807) is 12.3 Å². The normalized spacial score (nSPS) is 14.8. The molecule has 1 aliphatic rings. The van der Waals surface area contributed by atoms with Gasteiger partial charge in [-0.25, -0.2) is 13.8 Å². The van der Waals surface area contributed by atoms with Crippen molar-refractivity contribution in [3.05, 3.63) is 89.1 Å². The molecule has 0 atom stereocenters. The van der Waals surface area contributed by atoms with Gasteiger partial charge in [0.15, 0.2) is 0 Å². The van der Waals surface area contributed by atoms with E-state index in [4.69, 9.17) is 0 Å². The minimum Gasteiger partial charge on any atom is -0.355 e. The van der Waals surface area contributed by atoms with Crippen molar-refractivity contribution in [3.8, 4) is 0 Å². The van der Waals surface area contributed by atoms with Crippen LogP contribution in [0.5, 0.6) is 0 Å². The van der Waals surface area contributed by atoms with Gasteiger partial charge in [0.1, 0.15) is 17.5 Å². The number of amides is 1. The summed E-state index contributed by atoms with van der Waals surface area (Å²) in [4.78, 5) is 21.2. The number of carbonyl (C=O) groups is 1. The first-order valence-electron chi connectivity index (χ1n) is 10.7. The summed E-state index contributed by atoms with van der Waals surface area (Å²) in [6, 6.07) is 15.1.